The molecule has 0 N–H and O–H groups in total. The Labute approximate surface area is 317 Å². The predicted molar refractivity (Wildman–Crippen MR) is 235 cm³/mol. The molecule has 55 heavy (non-hydrogen) atoms. The van der Waals surface area contributed by atoms with Gasteiger partial charge in [0.25, 0.3) is 0 Å². The fraction of sp³-hybridized carbons (Fsp3) is 0. The summed E-state index contributed by atoms with van der Waals surface area (Å²) in [5.74, 6) is 0. The topological polar surface area (TPSA) is 13.1 Å². The average Bonchev–Trinajstić information content (AvgIpc) is 3.65. The van der Waals surface area contributed by atoms with E-state index in [1.807, 2.05) is 0 Å². The molecule has 0 spiro atoms. The summed E-state index contributed by atoms with van der Waals surface area (Å²) in [6, 6.07) is 70.9. The van der Waals surface area contributed by atoms with Crippen molar-refractivity contribution in [2.75, 3.05) is 0 Å². The molecule has 254 valence electrons. The lowest BCUT2D eigenvalue weighted by Crippen LogP contribution is -1.93. The van der Waals surface area contributed by atoms with Crippen LogP contribution in [0, 0.1) is 0 Å². The van der Waals surface area contributed by atoms with Crippen molar-refractivity contribution in [3.8, 4) is 33.4 Å². The van der Waals surface area contributed by atoms with Gasteiger partial charge in [0.2, 0.25) is 0 Å². The molecular formula is C54H32O. The first kappa shape index (κ1) is 30.3. The van der Waals surface area contributed by atoms with E-state index >= 15 is 0 Å². The van der Waals surface area contributed by atoms with E-state index in [2.05, 4.69) is 194 Å². The molecule has 0 aliphatic rings. The highest BCUT2D eigenvalue weighted by atomic mass is 16.3. The summed E-state index contributed by atoms with van der Waals surface area (Å²) in [6.07, 6.45) is 0. The molecule has 0 amide bonds. The number of rotatable bonds is 3. The largest absolute Gasteiger partial charge is 0.455 e. The minimum Gasteiger partial charge on any atom is -0.455 e. The highest BCUT2D eigenvalue weighted by Crippen LogP contribution is 2.48. The van der Waals surface area contributed by atoms with Crippen LogP contribution in [0.3, 0.4) is 0 Å². The molecule has 1 nitrogen and oxygen atoms in total. The Morgan fingerprint density at radius 1 is 0.273 bits per heavy atom. The number of fused-ring (bicyclic) bond motifs is 12. The zero-order valence-electron chi connectivity index (χ0n) is 29.9. The lowest BCUT2D eigenvalue weighted by molar-refractivity contribution is 0.673. The van der Waals surface area contributed by atoms with Crippen molar-refractivity contribution in [1.29, 1.82) is 0 Å². The Morgan fingerprint density at radius 3 is 1.38 bits per heavy atom. The van der Waals surface area contributed by atoms with Crippen molar-refractivity contribution in [2.45, 2.75) is 0 Å². The van der Waals surface area contributed by atoms with E-state index in [4.69, 9.17) is 4.42 Å². The monoisotopic (exact) mass is 696 g/mol. The van der Waals surface area contributed by atoms with Gasteiger partial charge in [0, 0.05) is 16.2 Å². The quantitative estimate of drug-likeness (QED) is 0.132. The molecule has 12 rings (SSSR count). The van der Waals surface area contributed by atoms with Crippen LogP contribution in [0.1, 0.15) is 0 Å². The second-order valence-corrected chi connectivity index (χ2v) is 14.7. The SMILES string of the molecule is c1ccc2c(-c3c4ccccc4c(-c4ccc(-c5ccc6c(c5)oc5c7ccccc7c7ccccc7c65)c5ccccc45)c4ccccc34)cccc2c1. The molecule has 12 aromatic rings. The summed E-state index contributed by atoms with van der Waals surface area (Å²) in [5, 5.41) is 17.2. The van der Waals surface area contributed by atoms with E-state index in [0.717, 1.165) is 27.5 Å². The van der Waals surface area contributed by atoms with Crippen molar-refractivity contribution in [2.24, 2.45) is 0 Å². The Morgan fingerprint density at radius 2 is 0.727 bits per heavy atom. The standard InChI is InChI=1S/C54H32O/c1-2-16-35-33(14-1)15-13-27-41(35)51-43-22-8-10-24-45(43)52(46-25-11-9-23-44(46)51)47-31-30-36(37-17-3-4-18-38(37)47)34-28-29-49-50(32-34)55-54-48-26-12-6-20-40(48)39-19-5-7-21-42(39)53(49)54/h1-32H. The summed E-state index contributed by atoms with van der Waals surface area (Å²) in [4.78, 5) is 0. The third-order valence-corrected chi connectivity index (χ3v) is 11.8. The van der Waals surface area contributed by atoms with Gasteiger partial charge in [-0.2, -0.15) is 0 Å². The van der Waals surface area contributed by atoms with Gasteiger partial charge in [-0.1, -0.05) is 182 Å². The Balaban J connectivity index is 1.10. The molecule has 0 aliphatic carbocycles. The van der Waals surface area contributed by atoms with Crippen LogP contribution in [-0.4, -0.2) is 0 Å². The molecule has 1 heterocycles. The van der Waals surface area contributed by atoms with Gasteiger partial charge in [0.05, 0.1) is 0 Å². The van der Waals surface area contributed by atoms with Gasteiger partial charge in [-0.15, -0.1) is 0 Å². The van der Waals surface area contributed by atoms with Crippen molar-refractivity contribution in [1.82, 2.24) is 0 Å². The third-order valence-electron chi connectivity index (χ3n) is 11.8. The van der Waals surface area contributed by atoms with Gasteiger partial charge >= 0.3 is 0 Å². The van der Waals surface area contributed by atoms with Gasteiger partial charge in [0.1, 0.15) is 11.2 Å². The maximum absolute atomic E-state index is 6.81. The van der Waals surface area contributed by atoms with Gasteiger partial charge < -0.3 is 4.42 Å². The smallest absolute Gasteiger partial charge is 0.143 e. The molecular weight excluding hydrogens is 665 g/mol. The average molecular weight is 697 g/mol. The number of furan rings is 1. The summed E-state index contributed by atoms with van der Waals surface area (Å²) >= 11 is 0. The third kappa shape index (κ3) is 4.35. The summed E-state index contributed by atoms with van der Waals surface area (Å²) in [7, 11) is 0. The summed E-state index contributed by atoms with van der Waals surface area (Å²) < 4.78 is 6.81. The number of hydrogen-bond donors (Lipinski definition) is 0. The predicted octanol–water partition coefficient (Wildman–Crippen LogP) is 15.5. The van der Waals surface area contributed by atoms with Crippen molar-refractivity contribution in [3.63, 3.8) is 0 Å². The first-order valence-electron chi connectivity index (χ1n) is 19.0. The van der Waals surface area contributed by atoms with Crippen molar-refractivity contribution < 1.29 is 4.42 Å². The normalized spacial score (nSPS) is 12.0. The first-order chi connectivity index (χ1) is 27.3. The van der Waals surface area contributed by atoms with E-state index in [9.17, 15) is 0 Å². The molecule has 0 atom stereocenters. The lowest BCUT2D eigenvalue weighted by atomic mass is 9.83. The van der Waals surface area contributed by atoms with Crippen LogP contribution < -0.4 is 0 Å². The van der Waals surface area contributed by atoms with E-state index < -0.39 is 0 Å². The number of benzene rings is 11. The maximum Gasteiger partial charge on any atom is 0.143 e. The van der Waals surface area contributed by atoms with Crippen molar-refractivity contribution >= 4 is 86.6 Å². The van der Waals surface area contributed by atoms with Crippen LogP contribution in [-0.2, 0) is 0 Å². The van der Waals surface area contributed by atoms with Crippen molar-refractivity contribution in [3.05, 3.63) is 194 Å². The minimum atomic E-state index is 0.906. The molecule has 11 aromatic carbocycles. The zero-order valence-corrected chi connectivity index (χ0v) is 29.9. The molecule has 1 heteroatoms. The Kier molecular flexibility index (Phi) is 6.40. The molecule has 0 radical (unpaired) electrons. The second-order valence-electron chi connectivity index (χ2n) is 14.7. The minimum absolute atomic E-state index is 0.906. The highest BCUT2D eigenvalue weighted by molar-refractivity contribution is 6.30. The Bertz CT molecular complexity index is 3490. The van der Waals surface area contributed by atoms with E-state index in [1.165, 1.54) is 92.5 Å². The molecule has 1 aromatic heterocycles. The van der Waals surface area contributed by atoms with Crippen LogP contribution in [0.4, 0.5) is 0 Å². The van der Waals surface area contributed by atoms with Crippen LogP contribution in [0.15, 0.2) is 199 Å². The van der Waals surface area contributed by atoms with Crippen LogP contribution in [0.25, 0.3) is 120 Å². The van der Waals surface area contributed by atoms with Gasteiger partial charge in [-0.3, -0.25) is 0 Å². The van der Waals surface area contributed by atoms with Gasteiger partial charge in [0.15, 0.2) is 0 Å². The maximum atomic E-state index is 6.81. The van der Waals surface area contributed by atoms with Crippen LogP contribution in [0.2, 0.25) is 0 Å². The van der Waals surface area contributed by atoms with Gasteiger partial charge in [-0.25, -0.2) is 0 Å². The van der Waals surface area contributed by atoms with E-state index in [-0.39, 0.29) is 0 Å². The summed E-state index contributed by atoms with van der Waals surface area (Å²) in [6.45, 7) is 0. The first-order valence-corrected chi connectivity index (χ1v) is 19.0. The Hall–Kier alpha value is -7.22. The van der Waals surface area contributed by atoms with Crippen LogP contribution in [0.5, 0.6) is 0 Å². The fourth-order valence-electron chi connectivity index (χ4n) is 9.49. The molecule has 0 bridgehead atoms. The molecule has 0 saturated carbocycles. The molecule has 0 unspecified atom stereocenters. The fourth-order valence-corrected chi connectivity index (χ4v) is 9.49. The van der Waals surface area contributed by atoms with E-state index in [1.54, 1.807) is 0 Å². The highest BCUT2D eigenvalue weighted by Gasteiger charge is 2.21. The molecule has 0 fully saturated rings. The molecule has 0 aliphatic heterocycles. The lowest BCUT2D eigenvalue weighted by Gasteiger charge is -2.20. The zero-order chi connectivity index (χ0) is 36.0. The van der Waals surface area contributed by atoms with Gasteiger partial charge in [-0.05, 0) is 105 Å². The van der Waals surface area contributed by atoms with Crippen LogP contribution >= 0.6 is 0 Å². The molecule has 0 saturated heterocycles. The summed E-state index contributed by atoms with van der Waals surface area (Å²) in [5.41, 5.74) is 9.24. The second kappa shape index (κ2) is 11.6. The van der Waals surface area contributed by atoms with E-state index in [0.29, 0.717) is 0 Å². The number of hydrogen-bond acceptors (Lipinski definition) is 1.